The van der Waals surface area contributed by atoms with Gasteiger partial charge in [-0.1, -0.05) is 34.6 Å². The van der Waals surface area contributed by atoms with E-state index in [-0.39, 0.29) is 17.0 Å². The summed E-state index contributed by atoms with van der Waals surface area (Å²) in [6.45, 7) is 10.8. The molecule has 0 N–H and O–H groups in total. The van der Waals surface area contributed by atoms with E-state index in [2.05, 4.69) is 28.8 Å². The van der Waals surface area contributed by atoms with Gasteiger partial charge in [-0.25, -0.2) is 9.97 Å². The number of nitrogens with zero attached hydrogens (tertiary/aromatic N) is 4. The van der Waals surface area contributed by atoms with Gasteiger partial charge in [0.15, 0.2) is 5.65 Å². The van der Waals surface area contributed by atoms with E-state index in [4.69, 9.17) is 4.74 Å². The van der Waals surface area contributed by atoms with Crippen LogP contribution in [0.2, 0.25) is 0 Å². The van der Waals surface area contributed by atoms with Gasteiger partial charge in [-0.15, -0.1) is 0 Å². The third-order valence-electron chi connectivity index (χ3n) is 3.49. The maximum atomic E-state index is 12.8. The van der Waals surface area contributed by atoms with E-state index in [1.807, 2.05) is 20.8 Å². The van der Waals surface area contributed by atoms with Crippen molar-refractivity contribution in [3.05, 3.63) is 22.2 Å². The number of fused-ring (bicyclic) bond motifs is 1. The Bertz CT molecular complexity index is 729. The Morgan fingerprint density at radius 1 is 1.27 bits per heavy atom. The lowest BCUT2D eigenvalue weighted by molar-refractivity contribution is 0.380. The van der Waals surface area contributed by atoms with Crippen LogP contribution in [0.3, 0.4) is 0 Å². The number of hydrogen-bond donors (Lipinski definition) is 0. The van der Waals surface area contributed by atoms with Gasteiger partial charge in [0.2, 0.25) is 0 Å². The van der Waals surface area contributed by atoms with E-state index in [1.54, 1.807) is 10.8 Å². The largest absolute Gasteiger partial charge is 0.467 e. The van der Waals surface area contributed by atoms with Gasteiger partial charge in [-0.2, -0.15) is 4.98 Å². The summed E-state index contributed by atoms with van der Waals surface area (Å²) in [7, 11) is 1.51. The van der Waals surface area contributed by atoms with Crippen LogP contribution in [0, 0.1) is 5.92 Å². The smallest absolute Gasteiger partial charge is 0.318 e. The first kappa shape index (κ1) is 16.4. The van der Waals surface area contributed by atoms with Crippen molar-refractivity contribution in [2.45, 2.75) is 53.0 Å². The van der Waals surface area contributed by atoms with E-state index in [0.29, 0.717) is 29.3 Å². The summed E-state index contributed by atoms with van der Waals surface area (Å²) in [5, 5.41) is 0. The highest BCUT2D eigenvalue weighted by Gasteiger charge is 2.23. The van der Waals surface area contributed by atoms with Gasteiger partial charge in [0.25, 0.3) is 5.56 Å². The first-order valence-corrected chi connectivity index (χ1v) is 7.56. The Morgan fingerprint density at radius 2 is 1.95 bits per heavy atom. The molecule has 2 aromatic heterocycles. The minimum Gasteiger partial charge on any atom is -0.467 e. The standard InChI is InChI=1S/C16H24N4O2/c1-10(2)7-8-20-13-11(9-17-15(19-13)22-6)18-12(14(20)21)16(3,4)5/h9-10H,7-8H2,1-6H3. The van der Waals surface area contributed by atoms with Crippen molar-refractivity contribution in [3.63, 3.8) is 0 Å². The summed E-state index contributed by atoms with van der Waals surface area (Å²) in [6, 6.07) is 0.246. The lowest BCUT2D eigenvalue weighted by Gasteiger charge is -2.20. The third-order valence-corrected chi connectivity index (χ3v) is 3.49. The Morgan fingerprint density at radius 3 is 2.50 bits per heavy atom. The molecule has 0 aliphatic heterocycles. The molecule has 6 nitrogen and oxygen atoms in total. The highest BCUT2D eigenvalue weighted by molar-refractivity contribution is 5.69. The molecule has 0 saturated carbocycles. The number of aryl methyl sites for hydroxylation is 1. The van der Waals surface area contributed by atoms with Crippen molar-refractivity contribution in [1.82, 2.24) is 19.5 Å². The minimum atomic E-state index is -0.329. The molecular formula is C16H24N4O2. The van der Waals surface area contributed by atoms with Crippen LogP contribution >= 0.6 is 0 Å². The predicted molar refractivity (Wildman–Crippen MR) is 86.3 cm³/mol. The first-order chi connectivity index (χ1) is 10.2. The van der Waals surface area contributed by atoms with Crippen LogP contribution in [0.5, 0.6) is 6.01 Å². The molecule has 0 bridgehead atoms. The Labute approximate surface area is 130 Å². The second-order valence-electron chi connectivity index (χ2n) is 6.92. The highest BCUT2D eigenvalue weighted by atomic mass is 16.5. The number of aromatic nitrogens is 4. The molecule has 2 rings (SSSR count). The van der Waals surface area contributed by atoms with Crippen LogP contribution in [0.15, 0.2) is 11.0 Å². The van der Waals surface area contributed by atoms with Crippen LogP contribution in [0.1, 0.15) is 46.7 Å². The predicted octanol–water partition coefficient (Wildman–Crippen LogP) is 2.54. The Hall–Kier alpha value is -1.98. The van der Waals surface area contributed by atoms with Gasteiger partial charge < -0.3 is 4.74 Å². The first-order valence-electron chi connectivity index (χ1n) is 7.56. The van der Waals surface area contributed by atoms with Crippen LogP contribution in [0.25, 0.3) is 11.2 Å². The van der Waals surface area contributed by atoms with Crippen molar-refractivity contribution in [2.75, 3.05) is 7.11 Å². The van der Waals surface area contributed by atoms with Gasteiger partial charge >= 0.3 is 6.01 Å². The second kappa shape index (κ2) is 6.02. The van der Waals surface area contributed by atoms with Gasteiger partial charge in [-0.3, -0.25) is 9.36 Å². The summed E-state index contributed by atoms with van der Waals surface area (Å²) in [4.78, 5) is 25.8. The van der Waals surface area contributed by atoms with Crippen LogP contribution in [-0.4, -0.2) is 26.6 Å². The highest BCUT2D eigenvalue weighted by Crippen LogP contribution is 2.20. The van der Waals surface area contributed by atoms with Crippen molar-refractivity contribution in [1.29, 1.82) is 0 Å². The number of hydrogen-bond acceptors (Lipinski definition) is 5. The van der Waals surface area contributed by atoms with Crippen molar-refractivity contribution in [2.24, 2.45) is 5.92 Å². The average Bonchev–Trinajstić information content (AvgIpc) is 2.43. The maximum Gasteiger partial charge on any atom is 0.318 e. The molecule has 22 heavy (non-hydrogen) atoms. The van der Waals surface area contributed by atoms with Gasteiger partial charge in [0, 0.05) is 12.0 Å². The monoisotopic (exact) mass is 304 g/mol. The number of ether oxygens (including phenoxy) is 1. The summed E-state index contributed by atoms with van der Waals surface area (Å²) in [5.74, 6) is 0.497. The molecule has 0 radical (unpaired) electrons. The van der Waals surface area contributed by atoms with Gasteiger partial charge in [-0.05, 0) is 12.3 Å². The average molecular weight is 304 g/mol. The quantitative estimate of drug-likeness (QED) is 0.868. The Balaban J connectivity index is 2.73. The summed E-state index contributed by atoms with van der Waals surface area (Å²) < 4.78 is 6.78. The summed E-state index contributed by atoms with van der Waals surface area (Å²) in [6.07, 6.45) is 2.51. The topological polar surface area (TPSA) is 69.9 Å². The fourth-order valence-electron chi connectivity index (χ4n) is 2.20. The van der Waals surface area contributed by atoms with E-state index in [9.17, 15) is 4.79 Å². The third kappa shape index (κ3) is 3.26. The Kier molecular flexibility index (Phi) is 4.49. The van der Waals surface area contributed by atoms with E-state index in [1.165, 1.54) is 7.11 Å². The molecule has 6 heteroatoms. The molecule has 2 heterocycles. The van der Waals surface area contributed by atoms with Crippen LogP contribution in [-0.2, 0) is 12.0 Å². The zero-order valence-electron chi connectivity index (χ0n) is 14.2. The summed E-state index contributed by atoms with van der Waals surface area (Å²) >= 11 is 0. The molecule has 0 amide bonds. The molecule has 0 aromatic carbocycles. The lowest BCUT2D eigenvalue weighted by atomic mass is 9.92. The van der Waals surface area contributed by atoms with Crippen LogP contribution < -0.4 is 10.3 Å². The van der Waals surface area contributed by atoms with Crippen molar-refractivity contribution < 1.29 is 4.74 Å². The number of rotatable bonds is 4. The van der Waals surface area contributed by atoms with Crippen molar-refractivity contribution >= 4 is 11.2 Å². The lowest BCUT2D eigenvalue weighted by Crippen LogP contribution is -2.33. The van der Waals surface area contributed by atoms with E-state index >= 15 is 0 Å². The second-order valence-corrected chi connectivity index (χ2v) is 6.92. The summed E-state index contributed by atoms with van der Waals surface area (Å²) in [5.41, 5.74) is 1.28. The maximum absolute atomic E-state index is 12.8. The fourth-order valence-corrected chi connectivity index (χ4v) is 2.20. The molecule has 120 valence electrons. The number of methoxy groups -OCH3 is 1. The normalized spacial score (nSPS) is 12.1. The molecule has 0 fully saturated rings. The molecule has 0 saturated heterocycles. The molecule has 2 aromatic rings. The van der Waals surface area contributed by atoms with Crippen LogP contribution in [0.4, 0.5) is 0 Å². The molecule has 0 aliphatic carbocycles. The SMILES string of the molecule is COc1ncc2nc(C(C)(C)C)c(=O)n(CCC(C)C)c2n1. The molecule has 0 unspecified atom stereocenters. The zero-order valence-corrected chi connectivity index (χ0v) is 14.2. The minimum absolute atomic E-state index is 0.0820. The molecular weight excluding hydrogens is 280 g/mol. The molecule has 0 atom stereocenters. The van der Waals surface area contributed by atoms with Crippen molar-refractivity contribution in [3.8, 4) is 6.01 Å². The zero-order chi connectivity index (χ0) is 16.5. The molecule has 0 spiro atoms. The van der Waals surface area contributed by atoms with E-state index in [0.717, 1.165) is 6.42 Å². The van der Waals surface area contributed by atoms with Gasteiger partial charge in [0.1, 0.15) is 11.2 Å². The molecule has 0 aliphatic rings. The van der Waals surface area contributed by atoms with E-state index < -0.39 is 0 Å². The fraction of sp³-hybridized carbons (Fsp3) is 0.625. The van der Waals surface area contributed by atoms with Gasteiger partial charge in [0.05, 0.1) is 13.3 Å².